The van der Waals surface area contributed by atoms with E-state index in [1.165, 1.54) is 24.3 Å². The van der Waals surface area contributed by atoms with Crippen molar-refractivity contribution in [1.29, 1.82) is 0 Å². The van der Waals surface area contributed by atoms with E-state index in [0.29, 0.717) is 5.69 Å². The van der Waals surface area contributed by atoms with Crippen molar-refractivity contribution in [2.45, 2.75) is 32.0 Å². The normalized spacial score (nSPS) is 14.5. The third kappa shape index (κ3) is 4.53. The van der Waals surface area contributed by atoms with Gasteiger partial charge >= 0.3 is 12.1 Å². The molecule has 1 aliphatic heterocycles. The first-order valence-electron chi connectivity index (χ1n) is 10.2. The number of alkyl halides is 3. The molecule has 10 heteroatoms. The van der Waals surface area contributed by atoms with Crippen molar-refractivity contribution < 1.29 is 27.9 Å². The number of anilines is 2. The van der Waals surface area contributed by atoms with Gasteiger partial charge in [-0.25, -0.2) is 4.79 Å². The van der Waals surface area contributed by atoms with E-state index in [1.807, 2.05) is 0 Å². The molecule has 2 heterocycles. The van der Waals surface area contributed by atoms with Gasteiger partial charge in [0.25, 0.3) is 5.91 Å². The molecule has 1 saturated heterocycles. The number of aromatic nitrogens is 2. The summed E-state index contributed by atoms with van der Waals surface area (Å²) in [6.45, 7) is 0.200. The van der Waals surface area contributed by atoms with Crippen LogP contribution in [0.15, 0.2) is 42.5 Å². The number of carbonyl (C=O) groups is 2. The minimum atomic E-state index is -4.50. The Hall–Kier alpha value is -3.56. The van der Waals surface area contributed by atoms with Gasteiger partial charge in [-0.05, 0) is 43.5 Å². The summed E-state index contributed by atoms with van der Waals surface area (Å²) in [7, 11) is 0. The highest BCUT2D eigenvalue weighted by atomic mass is 19.4. The maximum atomic E-state index is 13.1. The lowest BCUT2D eigenvalue weighted by Crippen LogP contribution is -2.30. The number of nitrogens with one attached hydrogen (secondary N) is 1. The average Bonchev–Trinajstić information content (AvgIpc) is 3.11. The molecule has 4 rings (SSSR count). The summed E-state index contributed by atoms with van der Waals surface area (Å²) in [4.78, 5) is 26.6. The van der Waals surface area contributed by atoms with Gasteiger partial charge in [0.2, 0.25) is 0 Å². The summed E-state index contributed by atoms with van der Waals surface area (Å²) >= 11 is 0. The predicted octanol–water partition coefficient (Wildman–Crippen LogP) is 4.54. The summed E-state index contributed by atoms with van der Waals surface area (Å²) < 4.78 is 39.7. The number of carboxylic acids is 1. The number of benzene rings is 2. The Bertz CT molecular complexity index is 1170. The van der Waals surface area contributed by atoms with E-state index in [1.54, 1.807) is 18.2 Å². The number of piperidine rings is 1. The molecular formula is C22H21F3N4O3. The Morgan fingerprint density at radius 1 is 1.06 bits per heavy atom. The van der Waals surface area contributed by atoms with Crippen LogP contribution in [0, 0.1) is 0 Å². The van der Waals surface area contributed by atoms with Gasteiger partial charge in [-0.2, -0.15) is 18.3 Å². The monoisotopic (exact) mass is 446 g/mol. The number of carboxylic acid groups (broad SMARTS) is 1. The van der Waals surface area contributed by atoms with Gasteiger partial charge < -0.3 is 15.3 Å². The smallest absolute Gasteiger partial charge is 0.408 e. The number of amides is 1. The molecule has 0 spiro atoms. The second-order valence-electron chi connectivity index (χ2n) is 7.68. The number of carbonyl (C=O) groups excluding carboxylic acids is 1. The van der Waals surface area contributed by atoms with Crippen molar-refractivity contribution in [2.75, 3.05) is 23.3 Å². The van der Waals surface area contributed by atoms with Crippen molar-refractivity contribution in [3.63, 3.8) is 0 Å². The van der Waals surface area contributed by atoms with Crippen molar-refractivity contribution in [3.05, 3.63) is 53.7 Å². The number of hydrogen-bond donors (Lipinski definition) is 2. The van der Waals surface area contributed by atoms with Crippen LogP contribution in [0.4, 0.5) is 24.5 Å². The topological polar surface area (TPSA) is 87.5 Å². The van der Waals surface area contributed by atoms with Gasteiger partial charge in [-0.1, -0.05) is 18.2 Å². The van der Waals surface area contributed by atoms with E-state index in [9.17, 15) is 27.9 Å². The largest absolute Gasteiger partial charge is 0.478 e. The molecule has 0 atom stereocenters. The molecule has 1 aromatic heterocycles. The van der Waals surface area contributed by atoms with Gasteiger partial charge in [0.05, 0.1) is 22.5 Å². The first kappa shape index (κ1) is 21.7. The van der Waals surface area contributed by atoms with Crippen molar-refractivity contribution in [2.24, 2.45) is 0 Å². The van der Waals surface area contributed by atoms with Gasteiger partial charge in [0.1, 0.15) is 6.54 Å². The zero-order valence-corrected chi connectivity index (χ0v) is 17.0. The third-order valence-corrected chi connectivity index (χ3v) is 5.39. The maximum absolute atomic E-state index is 13.1. The molecule has 1 aliphatic rings. The van der Waals surface area contributed by atoms with Crippen LogP contribution in [-0.4, -0.2) is 46.0 Å². The first-order valence-corrected chi connectivity index (χ1v) is 10.2. The van der Waals surface area contributed by atoms with E-state index < -0.39 is 24.6 Å². The highest BCUT2D eigenvalue weighted by Gasteiger charge is 2.31. The SMILES string of the molecule is O=C(O)c1ccc(N2CCCCC2)c(NC(=O)c2nn(CC(F)(F)F)c3ccccc23)c1. The van der Waals surface area contributed by atoms with Crippen molar-refractivity contribution >= 4 is 34.2 Å². The van der Waals surface area contributed by atoms with E-state index in [0.717, 1.165) is 37.0 Å². The summed E-state index contributed by atoms with van der Waals surface area (Å²) in [5, 5.41) is 16.3. The average molecular weight is 446 g/mol. The Labute approximate surface area is 181 Å². The zero-order valence-electron chi connectivity index (χ0n) is 17.0. The van der Waals surface area contributed by atoms with Crippen LogP contribution < -0.4 is 10.2 Å². The van der Waals surface area contributed by atoms with Crippen LogP contribution in [0.1, 0.15) is 40.1 Å². The fraction of sp³-hybridized carbons (Fsp3) is 0.318. The lowest BCUT2D eigenvalue weighted by molar-refractivity contribution is -0.141. The molecule has 1 fully saturated rings. The molecule has 2 aromatic carbocycles. The van der Waals surface area contributed by atoms with Crippen LogP contribution in [0.2, 0.25) is 0 Å². The van der Waals surface area contributed by atoms with Crippen molar-refractivity contribution in [3.8, 4) is 0 Å². The summed E-state index contributed by atoms with van der Waals surface area (Å²) in [5.41, 5.74) is 0.975. The number of halogens is 3. The highest BCUT2D eigenvalue weighted by molar-refractivity contribution is 6.12. The molecular weight excluding hydrogens is 425 g/mol. The molecule has 1 amide bonds. The summed E-state index contributed by atoms with van der Waals surface area (Å²) in [6, 6.07) is 10.7. The number of aromatic carboxylic acids is 1. The van der Waals surface area contributed by atoms with Crippen molar-refractivity contribution in [1.82, 2.24) is 9.78 Å². The second-order valence-corrected chi connectivity index (χ2v) is 7.68. The lowest BCUT2D eigenvalue weighted by atomic mass is 10.1. The van der Waals surface area contributed by atoms with Gasteiger partial charge in [0.15, 0.2) is 5.69 Å². The lowest BCUT2D eigenvalue weighted by Gasteiger charge is -2.30. The predicted molar refractivity (Wildman–Crippen MR) is 113 cm³/mol. The van der Waals surface area contributed by atoms with E-state index in [4.69, 9.17) is 0 Å². The van der Waals surface area contributed by atoms with E-state index in [2.05, 4.69) is 15.3 Å². The van der Waals surface area contributed by atoms with Crippen LogP contribution in [-0.2, 0) is 6.54 Å². The number of fused-ring (bicyclic) bond motifs is 1. The first-order chi connectivity index (χ1) is 15.2. The van der Waals surface area contributed by atoms with Crippen LogP contribution >= 0.6 is 0 Å². The molecule has 0 radical (unpaired) electrons. The molecule has 32 heavy (non-hydrogen) atoms. The van der Waals surface area contributed by atoms with Crippen LogP contribution in [0.3, 0.4) is 0 Å². The Morgan fingerprint density at radius 2 is 1.78 bits per heavy atom. The van der Waals surface area contributed by atoms with Crippen LogP contribution in [0.5, 0.6) is 0 Å². The van der Waals surface area contributed by atoms with E-state index in [-0.39, 0.29) is 27.8 Å². The third-order valence-electron chi connectivity index (χ3n) is 5.39. The molecule has 168 valence electrons. The van der Waals surface area contributed by atoms with E-state index >= 15 is 0 Å². The quantitative estimate of drug-likeness (QED) is 0.601. The molecule has 2 N–H and O–H groups in total. The van der Waals surface area contributed by atoms with Gasteiger partial charge in [-0.3, -0.25) is 9.48 Å². The fourth-order valence-corrected chi connectivity index (χ4v) is 3.95. The standard InChI is InChI=1S/C22H21F3N4O3/c23-22(24,25)13-29-17-7-3-2-6-15(17)19(27-29)20(30)26-16-12-14(21(31)32)8-9-18(16)28-10-4-1-5-11-28/h2-3,6-9,12H,1,4-5,10-11,13H2,(H,26,30)(H,31,32). The van der Waals surface area contributed by atoms with Crippen LogP contribution in [0.25, 0.3) is 10.9 Å². The van der Waals surface area contributed by atoms with Gasteiger partial charge in [-0.15, -0.1) is 0 Å². The molecule has 0 bridgehead atoms. The minimum Gasteiger partial charge on any atom is -0.478 e. The summed E-state index contributed by atoms with van der Waals surface area (Å²) in [6.07, 6.45) is -1.46. The Kier molecular flexibility index (Phi) is 5.77. The Morgan fingerprint density at radius 3 is 2.47 bits per heavy atom. The van der Waals surface area contributed by atoms with Gasteiger partial charge in [0, 0.05) is 18.5 Å². The minimum absolute atomic E-state index is 0.00600. The highest BCUT2D eigenvalue weighted by Crippen LogP contribution is 2.31. The molecule has 7 nitrogen and oxygen atoms in total. The molecule has 0 unspecified atom stereocenters. The fourth-order valence-electron chi connectivity index (χ4n) is 3.95. The Balaban J connectivity index is 1.71. The zero-order chi connectivity index (χ0) is 22.9. The number of hydrogen-bond acceptors (Lipinski definition) is 4. The maximum Gasteiger partial charge on any atom is 0.408 e. The number of nitrogens with zero attached hydrogens (tertiary/aromatic N) is 3. The second kappa shape index (κ2) is 8.52. The number of para-hydroxylation sites is 1. The number of rotatable bonds is 5. The molecule has 0 aliphatic carbocycles. The summed E-state index contributed by atoms with van der Waals surface area (Å²) in [5.74, 6) is -1.85. The molecule has 3 aromatic rings. The molecule has 0 saturated carbocycles.